The van der Waals surface area contributed by atoms with Crippen LogP contribution in [0.2, 0.25) is 5.02 Å². The Hall–Kier alpha value is -0.130. The molecule has 2 heterocycles. The Balaban J connectivity index is 1.61. The first kappa shape index (κ1) is 13.8. The molecule has 1 aromatic carbocycles. The van der Waals surface area contributed by atoms with Gasteiger partial charge in [-0.3, -0.25) is 4.90 Å². The minimum Gasteiger partial charge on any atom is -0.347 e. The summed E-state index contributed by atoms with van der Waals surface area (Å²) in [5.41, 5.74) is 1.17. The van der Waals surface area contributed by atoms with Gasteiger partial charge in [-0.25, -0.2) is 0 Å². The second-order valence-electron chi connectivity index (χ2n) is 5.12. The first-order chi connectivity index (χ1) is 9.17. The van der Waals surface area contributed by atoms with Crippen LogP contribution in [0.5, 0.6) is 0 Å². The van der Waals surface area contributed by atoms with Crippen LogP contribution in [0.4, 0.5) is 0 Å². The van der Waals surface area contributed by atoms with Crippen LogP contribution in [0.1, 0.15) is 18.4 Å². The van der Waals surface area contributed by atoms with Crippen LogP contribution in [0.25, 0.3) is 0 Å². The smallest absolute Gasteiger partial charge is 0.170 e. The summed E-state index contributed by atoms with van der Waals surface area (Å²) in [5, 5.41) is 0.830. The molecule has 1 spiro atoms. The van der Waals surface area contributed by atoms with Crippen molar-refractivity contribution < 1.29 is 9.47 Å². The van der Waals surface area contributed by atoms with Gasteiger partial charge in [0.2, 0.25) is 0 Å². The molecule has 0 saturated carbocycles. The van der Waals surface area contributed by atoms with Gasteiger partial charge in [0.15, 0.2) is 5.79 Å². The zero-order valence-electron chi connectivity index (χ0n) is 10.7. The van der Waals surface area contributed by atoms with Gasteiger partial charge in [0, 0.05) is 42.0 Å². The van der Waals surface area contributed by atoms with E-state index >= 15 is 0 Å². The van der Waals surface area contributed by atoms with Gasteiger partial charge in [-0.2, -0.15) is 0 Å². The third-order valence-electron chi connectivity index (χ3n) is 3.83. The molecule has 0 amide bonds. The fraction of sp³-hybridized carbons (Fsp3) is 0.571. The molecule has 19 heavy (non-hydrogen) atoms. The predicted molar refractivity (Wildman–Crippen MR) is 78.3 cm³/mol. The van der Waals surface area contributed by atoms with Crippen molar-refractivity contribution >= 4 is 27.5 Å². The zero-order chi connectivity index (χ0) is 13.3. The van der Waals surface area contributed by atoms with E-state index in [0.717, 1.165) is 55.2 Å². The number of hydrogen-bond acceptors (Lipinski definition) is 3. The maximum Gasteiger partial charge on any atom is 0.170 e. The summed E-state index contributed by atoms with van der Waals surface area (Å²) in [7, 11) is 0. The largest absolute Gasteiger partial charge is 0.347 e. The highest BCUT2D eigenvalue weighted by Crippen LogP contribution is 2.32. The Morgan fingerprint density at radius 3 is 2.58 bits per heavy atom. The van der Waals surface area contributed by atoms with Gasteiger partial charge < -0.3 is 9.47 Å². The molecule has 1 aromatic rings. The van der Waals surface area contributed by atoms with Crippen molar-refractivity contribution in [2.45, 2.75) is 25.2 Å². The first-order valence-corrected chi connectivity index (χ1v) is 7.78. The Morgan fingerprint density at radius 1 is 1.21 bits per heavy atom. The lowest BCUT2D eigenvalue weighted by Gasteiger charge is -2.37. The van der Waals surface area contributed by atoms with E-state index in [1.54, 1.807) is 0 Å². The van der Waals surface area contributed by atoms with Gasteiger partial charge in [-0.05, 0) is 23.8 Å². The highest BCUT2D eigenvalue weighted by atomic mass is 79.9. The molecule has 2 aliphatic rings. The summed E-state index contributed by atoms with van der Waals surface area (Å²) < 4.78 is 12.6. The van der Waals surface area contributed by atoms with Gasteiger partial charge in [-0.1, -0.05) is 27.5 Å². The van der Waals surface area contributed by atoms with Gasteiger partial charge in [-0.15, -0.1) is 0 Å². The van der Waals surface area contributed by atoms with Gasteiger partial charge >= 0.3 is 0 Å². The quantitative estimate of drug-likeness (QED) is 0.819. The highest BCUT2D eigenvalue weighted by molar-refractivity contribution is 9.10. The molecular formula is C14H17BrClNO2. The van der Waals surface area contributed by atoms with Crippen LogP contribution in [-0.4, -0.2) is 37.0 Å². The second kappa shape index (κ2) is 5.70. The van der Waals surface area contributed by atoms with Crippen molar-refractivity contribution in [3.05, 3.63) is 33.3 Å². The predicted octanol–water partition coefficient (Wildman–Crippen LogP) is 3.44. The van der Waals surface area contributed by atoms with Crippen molar-refractivity contribution in [2.75, 3.05) is 26.3 Å². The normalized spacial score (nSPS) is 23.1. The standard InChI is InChI=1S/C14H17BrClNO2/c15-12-1-2-13(16)11(9-12)10-17-5-3-14(4-6-17)18-7-8-19-14/h1-2,9H,3-8,10H2. The van der Waals surface area contributed by atoms with E-state index in [1.165, 1.54) is 5.56 Å². The molecule has 0 radical (unpaired) electrons. The summed E-state index contributed by atoms with van der Waals surface area (Å²) >= 11 is 9.73. The highest BCUT2D eigenvalue weighted by Gasteiger charge is 2.39. The summed E-state index contributed by atoms with van der Waals surface area (Å²) in [6, 6.07) is 6.00. The van der Waals surface area contributed by atoms with E-state index in [9.17, 15) is 0 Å². The van der Waals surface area contributed by atoms with Crippen LogP contribution in [0.3, 0.4) is 0 Å². The molecule has 0 N–H and O–H groups in total. The van der Waals surface area contributed by atoms with Crippen molar-refractivity contribution in [2.24, 2.45) is 0 Å². The molecule has 0 atom stereocenters. The number of benzene rings is 1. The van der Waals surface area contributed by atoms with Crippen molar-refractivity contribution in [3.63, 3.8) is 0 Å². The lowest BCUT2D eigenvalue weighted by Crippen LogP contribution is -2.44. The molecule has 2 fully saturated rings. The van der Waals surface area contributed by atoms with Crippen LogP contribution < -0.4 is 0 Å². The maximum atomic E-state index is 6.24. The molecule has 0 aliphatic carbocycles. The number of rotatable bonds is 2. The maximum absolute atomic E-state index is 6.24. The minimum atomic E-state index is -0.294. The van der Waals surface area contributed by atoms with E-state index < -0.39 is 0 Å². The van der Waals surface area contributed by atoms with Crippen LogP contribution in [-0.2, 0) is 16.0 Å². The number of ether oxygens (including phenoxy) is 2. The molecule has 3 rings (SSSR count). The number of piperidine rings is 1. The second-order valence-corrected chi connectivity index (χ2v) is 6.44. The van der Waals surface area contributed by atoms with Crippen LogP contribution in [0.15, 0.2) is 22.7 Å². The fourth-order valence-electron chi connectivity index (χ4n) is 2.74. The number of likely N-dealkylation sites (tertiary alicyclic amines) is 1. The minimum absolute atomic E-state index is 0.294. The average molecular weight is 347 g/mol. The van der Waals surface area contributed by atoms with Crippen LogP contribution >= 0.6 is 27.5 Å². The summed E-state index contributed by atoms with van der Waals surface area (Å²) in [4.78, 5) is 2.41. The van der Waals surface area contributed by atoms with Gasteiger partial charge in [0.1, 0.15) is 0 Å². The van der Waals surface area contributed by atoms with E-state index in [4.69, 9.17) is 21.1 Å². The Morgan fingerprint density at radius 2 is 1.89 bits per heavy atom. The van der Waals surface area contributed by atoms with Crippen molar-refractivity contribution in [1.29, 1.82) is 0 Å². The van der Waals surface area contributed by atoms with E-state index in [1.807, 2.05) is 12.1 Å². The number of hydrogen-bond donors (Lipinski definition) is 0. The molecule has 0 unspecified atom stereocenters. The van der Waals surface area contributed by atoms with E-state index in [2.05, 4.69) is 26.9 Å². The third-order valence-corrected chi connectivity index (χ3v) is 4.70. The lowest BCUT2D eigenvalue weighted by atomic mass is 10.0. The molecule has 3 nitrogen and oxygen atoms in total. The number of nitrogens with zero attached hydrogens (tertiary/aromatic N) is 1. The summed E-state index contributed by atoms with van der Waals surface area (Å²) in [5.74, 6) is -0.294. The molecule has 2 saturated heterocycles. The SMILES string of the molecule is Clc1ccc(Br)cc1CN1CCC2(CC1)OCCO2. The van der Waals surface area contributed by atoms with Gasteiger partial charge in [0.25, 0.3) is 0 Å². The fourth-order valence-corrected chi connectivity index (χ4v) is 3.33. The van der Waals surface area contributed by atoms with E-state index in [-0.39, 0.29) is 5.79 Å². The van der Waals surface area contributed by atoms with E-state index in [0.29, 0.717) is 0 Å². The number of halogens is 2. The summed E-state index contributed by atoms with van der Waals surface area (Å²) in [6.45, 7) is 4.33. The first-order valence-electron chi connectivity index (χ1n) is 6.61. The molecule has 0 bridgehead atoms. The molecule has 2 aliphatic heterocycles. The average Bonchev–Trinajstić information content (AvgIpc) is 2.85. The molecule has 0 aromatic heterocycles. The topological polar surface area (TPSA) is 21.7 Å². The molecule has 5 heteroatoms. The van der Waals surface area contributed by atoms with Gasteiger partial charge in [0.05, 0.1) is 13.2 Å². The monoisotopic (exact) mass is 345 g/mol. The Kier molecular flexibility index (Phi) is 4.15. The summed E-state index contributed by atoms with van der Waals surface area (Å²) in [6.07, 6.45) is 1.89. The van der Waals surface area contributed by atoms with Crippen molar-refractivity contribution in [3.8, 4) is 0 Å². The lowest BCUT2D eigenvalue weighted by molar-refractivity contribution is -0.185. The third kappa shape index (κ3) is 3.14. The Bertz CT molecular complexity index is 453. The zero-order valence-corrected chi connectivity index (χ0v) is 13.0. The van der Waals surface area contributed by atoms with Crippen LogP contribution in [0, 0.1) is 0 Å². The Labute approximate surface area is 126 Å². The molecule has 104 valence electrons. The van der Waals surface area contributed by atoms with Crippen molar-refractivity contribution in [1.82, 2.24) is 4.90 Å². The molecular weight excluding hydrogens is 330 g/mol.